The third kappa shape index (κ3) is 4.09. The van der Waals surface area contributed by atoms with E-state index in [0.29, 0.717) is 12.3 Å². The molecule has 0 radical (unpaired) electrons. The Morgan fingerprint density at radius 2 is 2.19 bits per heavy atom. The molecule has 1 heterocycles. The molecule has 0 aliphatic rings. The van der Waals surface area contributed by atoms with E-state index in [-0.39, 0.29) is 12.5 Å². The number of carbonyl (C=O) groups is 1. The van der Waals surface area contributed by atoms with Crippen LogP contribution < -0.4 is 5.32 Å². The van der Waals surface area contributed by atoms with Gasteiger partial charge in [0, 0.05) is 13.6 Å². The monoisotopic (exact) mass is 305 g/mol. The Hall–Kier alpha value is -1.79. The summed E-state index contributed by atoms with van der Waals surface area (Å²) in [5.41, 5.74) is 3.02. The molecule has 21 heavy (non-hydrogen) atoms. The van der Waals surface area contributed by atoms with Gasteiger partial charge in [-0.15, -0.1) is 0 Å². The van der Waals surface area contributed by atoms with Crippen LogP contribution in [0.25, 0.3) is 0 Å². The maximum absolute atomic E-state index is 11.9. The van der Waals surface area contributed by atoms with Crippen LogP contribution in [0.15, 0.2) is 35.6 Å². The van der Waals surface area contributed by atoms with E-state index < -0.39 is 0 Å². The van der Waals surface area contributed by atoms with Gasteiger partial charge in [0.15, 0.2) is 5.16 Å². The quantitative estimate of drug-likeness (QED) is 0.796. The second-order valence-electron chi connectivity index (χ2n) is 4.74. The molecule has 0 aliphatic carbocycles. The highest BCUT2D eigenvalue weighted by Crippen LogP contribution is 2.17. The van der Waals surface area contributed by atoms with Crippen LogP contribution in [0.5, 0.6) is 0 Å². The highest BCUT2D eigenvalue weighted by molar-refractivity contribution is 7.99. The van der Waals surface area contributed by atoms with Crippen molar-refractivity contribution >= 4 is 17.7 Å². The molecule has 0 atom stereocenters. The molecule has 1 aromatic heterocycles. The van der Waals surface area contributed by atoms with Crippen LogP contribution in [0, 0.1) is 6.92 Å². The number of aromatic nitrogens is 2. The number of amides is 1. The first-order chi connectivity index (χ1) is 10.1. The number of thioether (sulfide) groups is 1. The van der Waals surface area contributed by atoms with Gasteiger partial charge in [0.05, 0.1) is 24.3 Å². The molecule has 5 nitrogen and oxygen atoms in total. The maximum Gasteiger partial charge on any atom is 0.230 e. The number of aliphatic hydroxyl groups excluding tert-OH is 1. The van der Waals surface area contributed by atoms with Crippen LogP contribution in [0.3, 0.4) is 0 Å². The smallest absolute Gasteiger partial charge is 0.230 e. The summed E-state index contributed by atoms with van der Waals surface area (Å²) in [6, 6.07) is 7.99. The SMILES string of the molecule is Cc1ccccc1CNC(=O)CSc1ncc(CO)n1C. The molecule has 0 spiro atoms. The molecule has 2 rings (SSSR count). The van der Waals surface area contributed by atoms with Gasteiger partial charge in [-0.1, -0.05) is 36.0 Å². The van der Waals surface area contributed by atoms with Gasteiger partial charge < -0.3 is 15.0 Å². The fourth-order valence-corrected chi connectivity index (χ4v) is 2.69. The van der Waals surface area contributed by atoms with Crippen molar-refractivity contribution in [3.63, 3.8) is 0 Å². The molecule has 0 unspecified atom stereocenters. The van der Waals surface area contributed by atoms with Gasteiger partial charge in [-0.25, -0.2) is 4.98 Å². The predicted molar refractivity (Wildman–Crippen MR) is 82.9 cm³/mol. The van der Waals surface area contributed by atoms with Gasteiger partial charge in [0.2, 0.25) is 5.91 Å². The molecule has 0 saturated carbocycles. The van der Waals surface area contributed by atoms with Crippen LogP contribution in [0.4, 0.5) is 0 Å². The lowest BCUT2D eigenvalue weighted by atomic mass is 10.1. The Labute approximate surface area is 128 Å². The van der Waals surface area contributed by atoms with Crippen LogP contribution in [0.1, 0.15) is 16.8 Å². The van der Waals surface area contributed by atoms with Crippen molar-refractivity contribution in [2.24, 2.45) is 7.05 Å². The standard InChI is InChI=1S/C15H19N3O2S/c1-11-5-3-4-6-12(11)7-16-14(20)10-21-15-17-8-13(9-19)18(15)2/h3-6,8,19H,7,9-10H2,1-2H3,(H,16,20). The lowest BCUT2D eigenvalue weighted by Gasteiger charge is -2.08. The molecule has 112 valence electrons. The highest BCUT2D eigenvalue weighted by Gasteiger charge is 2.09. The summed E-state index contributed by atoms with van der Waals surface area (Å²) >= 11 is 1.36. The number of benzene rings is 1. The minimum atomic E-state index is -0.0520. The van der Waals surface area contributed by atoms with Crippen molar-refractivity contribution in [1.82, 2.24) is 14.9 Å². The van der Waals surface area contributed by atoms with Crippen LogP contribution in [0.2, 0.25) is 0 Å². The minimum absolute atomic E-state index is 0.0307. The Morgan fingerprint density at radius 1 is 1.43 bits per heavy atom. The van der Waals surface area contributed by atoms with Gasteiger partial charge in [-0.3, -0.25) is 4.79 Å². The molecular formula is C15H19N3O2S. The average molecular weight is 305 g/mol. The normalized spacial score (nSPS) is 10.6. The Bertz CT molecular complexity index is 625. The van der Waals surface area contributed by atoms with Gasteiger partial charge in [-0.2, -0.15) is 0 Å². The van der Waals surface area contributed by atoms with Crippen molar-refractivity contribution in [1.29, 1.82) is 0 Å². The molecule has 2 aromatic rings. The maximum atomic E-state index is 11.9. The number of nitrogens with one attached hydrogen (secondary N) is 1. The molecule has 2 N–H and O–H groups in total. The van der Waals surface area contributed by atoms with E-state index in [2.05, 4.69) is 10.3 Å². The van der Waals surface area contributed by atoms with Crippen LogP contribution in [-0.4, -0.2) is 26.3 Å². The molecule has 0 saturated heterocycles. The Kier molecular flexibility index (Phi) is 5.41. The zero-order valence-electron chi connectivity index (χ0n) is 12.2. The van der Waals surface area contributed by atoms with E-state index in [0.717, 1.165) is 16.4 Å². The zero-order chi connectivity index (χ0) is 15.2. The summed E-state index contributed by atoms with van der Waals surface area (Å²) < 4.78 is 1.79. The van der Waals surface area contributed by atoms with E-state index in [4.69, 9.17) is 5.11 Å². The fraction of sp³-hybridized carbons (Fsp3) is 0.333. The number of hydrogen-bond donors (Lipinski definition) is 2. The number of aliphatic hydroxyl groups is 1. The van der Waals surface area contributed by atoms with Gasteiger partial charge >= 0.3 is 0 Å². The number of nitrogens with zero attached hydrogens (tertiary/aromatic N) is 2. The number of imidazole rings is 1. The fourth-order valence-electron chi connectivity index (χ4n) is 1.89. The van der Waals surface area contributed by atoms with Crippen LogP contribution in [-0.2, 0) is 25.0 Å². The number of aryl methyl sites for hydroxylation is 1. The Balaban J connectivity index is 1.82. The largest absolute Gasteiger partial charge is 0.390 e. The summed E-state index contributed by atoms with van der Waals surface area (Å²) in [5, 5.41) is 12.7. The van der Waals surface area contributed by atoms with E-state index in [9.17, 15) is 4.79 Å². The summed E-state index contributed by atoms with van der Waals surface area (Å²) in [6.07, 6.45) is 1.62. The van der Waals surface area contributed by atoms with Gasteiger partial charge in [-0.05, 0) is 18.1 Å². The van der Waals surface area contributed by atoms with Gasteiger partial charge in [0.25, 0.3) is 0 Å². The van der Waals surface area contributed by atoms with Crippen molar-refractivity contribution in [2.75, 3.05) is 5.75 Å². The third-order valence-electron chi connectivity index (χ3n) is 3.27. The average Bonchev–Trinajstić information content (AvgIpc) is 2.84. The van der Waals surface area contributed by atoms with E-state index >= 15 is 0 Å². The number of hydrogen-bond acceptors (Lipinski definition) is 4. The predicted octanol–water partition coefficient (Wildman–Crippen LogP) is 1.63. The first-order valence-electron chi connectivity index (χ1n) is 6.67. The number of carbonyl (C=O) groups excluding carboxylic acids is 1. The van der Waals surface area contributed by atoms with E-state index in [1.807, 2.05) is 38.2 Å². The summed E-state index contributed by atoms with van der Waals surface area (Å²) in [7, 11) is 1.83. The first kappa shape index (κ1) is 15.6. The molecule has 0 bridgehead atoms. The Morgan fingerprint density at radius 3 is 2.86 bits per heavy atom. The molecule has 6 heteroatoms. The second-order valence-corrected chi connectivity index (χ2v) is 5.68. The van der Waals surface area contributed by atoms with Crippen molar-refractivity contribution in [2.45, 2.75) is 25.2 Å². The topological polar surface area (TPSA) is 67.2 Å². The summed E-state index contributed by atoms with van der Waals surface area (Å²) in [5.74, 6) is 0.276. The summed E-state index contributed by atoms with van der Waals surface area (Å²) in [4.78, 5) is 16.0. The molecule has 1 aromatic carbocycles. The minimum Gasteiger partial charge on any atom is -0.390 e. The molecule has 0 aliphatic heterocycles. The summed E-state index contributed by atoms with van der Waals surface area (Å²) in [6.45, 7) is 2.51. The number of rotatable bonds is 6. The first-order valence-corrected chi connectivity index (χ1v) is 7.66. The van der Waals surface area contributed by atoms with Crippen molar-refractivity contribution in [3.05, 3.63) is 47.3 Å². The molecule has 0 fully saturated rings. The van der Waals surface area contributed by atoms with Crippen LogP contribution >= 0.6 is 11.8 Å². The highest BCUT2D eigenvalue weighted by atomic mass is 32.2. The second kappa shape index (κ2) is 7.28. The van der Waals surface area contributed by atoms with Crippen molar-refractivity contribution in [3.8, 4) is 0 Å². The van der Waals surface area contributed by atoms with E-state index in [1.54, 1.807) is 10.8 Å². The molecule has 1 amide bonds. The zero-order valence-corrected chi connectivity index (χ0v) is 13.0. The third-order valence-corrected chi connectivity index (χ3v) is 4.32. The van der Waals surface area contributed by atoms with E-state index in [1.165, 1.54) is 17.3 Å². The molecular weight excluding hydrogens is 286 g/mol. The van der Waals surface area contributed by atoms with Crippen molar-refractivity contribution < 1.29 is 9.90 Å². The lowest BCUT2D eigenvalue weighted by Crippen LogP contribution is -2.25. The van der Waals surface area contributed by atoms with Gasteiger partial charge in [0.1, 0.15) is 0 Å². The lowest BCUT2D eigenvalue weighted by molar-refractivity contribution is -0.118.